The van der Waals surface area contributed by atoms with Gasteiger partial charge < -0.3 is 9.47 Å². The molecule has 4 radical (unpaired) electrons. The average Bonchev–Trinajstić information content (AvgIpc) is 2.18. The quantitative estimate of drug-likeness (QED) is 0.399. The molecule has 76 valence electrons. The summed E-state index contributed by atoms with van der Waals surface area (Å²) in [6.45, 7) is 0. The molecule has 1 aliphatic heterocycles. The molecule has 0 aromatic heterocycles. The van der Waals surface area contributed by atoms with Crippen LogP contribution in [0.15, 0.2) is 30.3 Å². The first-order valence-electron chi connectivity index (χ1n) is 4.19. The Labute approximate surface area is 91.2 Å². The Balaban J connectivity index is 0.00000112. The van der Waals surface area contributed by atoms with Crippen LogP contribution in [0.4, 0.5) is 0 Å². The molecule has 0 bridgehead atoms. The van der Waals surface area contributed by atoms with Crippen molar-refractivity contribution < 1.29 is 19.1 Å². The summed E-state index contributed by atoms with van der Waals surface area (Å²) < 4.78 is 9.72. The predicted molar refractivity (Wildman–Crippen MR) is 51.7 cm³/mol. The van der Waals surface area contributed by atoms with E-state index in [1.54, 1.807) is 24.3 Å². The number of cyclic esters (lactones) is 2. The highest BCUT2D eigenvalue weighted by Crippen LogP contribution is 2.23. The van der Waals surface area contributed by atoms with Crippen molar-refractivity contribution in [3.8, 4) is 0 Å². The van der Waals surface area contributed by atoms with Gasteiger partial charge in [0.05, 0.1) is 0 Å². The fraction of sp³-hybridized carbons (Fsp3) is 0.200. The topological polar surface area (TPSA) is 52.6 Å². The van der Waals surface area contributed by atoms with Crippen molar-refractivity contribution in [1.29, 1.82) is 0 Å². The number of hydrogen-bond acceptors (Lipinski definition) is 4. The minimum atomic E-state index is -0.884. The second-order valence-corrected chi connectivity index (χ2v) is 2.90. The van der Waals surface area contributed by atoms with E-state index < -0.39 is 18.2 Å². The Morgan fingerprint density at radius 3 is 2.07 bits per heavy atom. The van der Waals surface area contributed by atoms with Gasteiger partial charge >= 0.3 is 11.9 Å². The zero-order valence-electron chi connectivity index (χ0n) is 7.80. The summed E-state index contributed by atoms with van der Waals surface area (Å²) in [5.41, 5.74) is 0.661. The van der Waals surface area contributed by atoms with E-state index in [1.807, 2.05) is 6.07 Å². The van der Waals surface area contributed by atoms with E-state index >= 15 is 0 Å². The van der Waals surface area contributed by atoms with Crippen LogP contribution in [0.1, 0.15) is 18.3 Å². The van der Waals surface area contributed by atoms with Gasteiger partial charge in [0.1, 0.15) is 6.42 Å². The van der Waals surface area contributed by atoms with E-state index in [2.05, 4.69) is 0 Å². The van der Waals surface area contributed by atoms with Gasteiger partial charge in [0.15, 0.2) is 0 Å². The molecule has 0 spiro atoms. The smallest absolute Gasteiger partial charge is 0.320 e. The molecule has 1 aromatic carbocycles. The van der Waals surface area contributed by atoms with E-state index in [-0.39, 0.29) is 17.4 Å². The van der Waals surface area contributed by atoms with E-state index in [9.17, 15) is 9.59 Å². The number of carbonyl (C=O) groups excluding carboxylic acids is 2. The molecule has 4 nitrogen and oxygen atoms in total. The molecule has 1 aliphatic rings. The number of benzene rings is 1. The Morgan fingerprint density at radius 1 is 1.00 bits per heavy atom. The van der Waals surface area contributed by atoms with E-state index in [4.69, 9.17) is 9.47 Å². The summed E-state index contributed by atoms with van der Waals surface area (Å²) in [7, 11) is 0. The molecule has 2 rings (SSSR count). The van der Waals surface area contributed by atoms with E-state index in [0.717, 1.165) is 0 Å². The van der Waals surface area contributed by atoms with Gasteiger partial charge in [-0.2, -0.15) is 0 Å². The van der Waals surface area contributed by atoms with E-state index in [1.165, 1.54) is 0 Å². The zero-order chi connectivity index (χ0) is 9.97. The predicted octanol–water partition coefficient (Wildman–Crippen LogP) is 0.794. The van der Waals surface area contributed by atoms with Gasteiger partial charge in [-0.3, -0.25) is 9.59 Å². The number of hydrogen-bond donors (Lipinski definition) is 0. The summed E-state index contributed by atoms with van der Waals surface area (Å²) >= 11 is 0. The molecular weight excluding hydrogens is 212 g/mol. The highest BCUT2D eigenvalue weighted by molar-refractivity contribution is 5.92. The molecule has 0 N–H and O–H groups in total. The van der Waals surface area contributed by atoms with Crippen LogP contribution in [0, 0.1) is 0 Å². The van der Waals surface area contributed by atoms with Crippen molar-refractivity contribution in [3.05, 3.63) is 35.9 Å². The van der Waals surface area contributed by atoms with Crippen molar-refractivity contribution in [2.75, 3.05) is 0 Å². The number of carbonyl (C=O) groups is 2. The van der Waals surface area contributed by atoms with Crippen LogP contribution in [-0.2, 0) is 19.1 Å². The van der Waals surface area contributed by atoms with Crippen molar-refractivity contribution >= 4 is 22.9 Å². The molecule has 0 amide bonds. The second kappa shape index (κ2) is 4.74. The molecule has 0 aliphatic carbocycles. The number of ether oxygens (including phenoxy) is 2. The van der Waals surface area contributed by atoms with Crippen molar-refractivity contribution in [2.24, 2.45) is 0 Å². The standard InChI is InChI=1S/C10H8O4.Si/c11-8-6-9(12)14-10(13-8)7-4-2-1-3-5-7;/h1-5,10H,6H2;. The van der Waals surface area contributed by atoms with Crippen molar-refractivity contribution in [1.82, 2.24) is 0 Å². The van der Waals surface area contributed by atoms with Crippen molar-refractivity contribution in [3.63, 3.8) is 0 Å². The molecule has 1 saturated heterocycles. The maximum Gasteiger partial charge on any atom is 0.320 e. The molecule has 1 aromatic rings. The first kappa shape index (κ1) is 11.5. The molecule has 0 saturated carbocycles. The van der Waals surface area contributed by atoms with Crippen LogP contribution >= 0.6 is 0 Å². The van der Waals surface area contributed by atoms with Gasteiger partial charge in [-0.25, -0.2) is 0 Å². The first-order chi connectivity index (χ1) is 6.75. The normalized spacial score (nSPS) is 16.3. The van der Waals surface area contributed by atoms with Gasteiger partial charge in [0, 0.05) is 16.5 Å². The molecule has 15 heavy (non-hydrogen) atoms. The third-order valence-electron chi connectivity index (χ3n) is 1.84. The van der Waals surface area contributed by atoms with Crippen LogP contribution in [0.5, 0.6) is 0 Å². The van der Waals surface area contributed by atoms with Gasteiger partial charge in [-0.1, -0.05) is 30.3 Å². The molecule has 0 atom stereocenters. The Bertz CT molecular complexity index is 347. The zero-order valence-corrected chi connectivity index (χ0v) is 8.80. The molecular formula is C10H8O4Si. The van der Waals surface area contributed by atoms with E-state index in [0.29, 0.717) is 5.56 Å². The lowest BCUT2D eigenvalue weighted by Crippen LogP contribution is -2.26. The van der Waals surface area contributed by atoms with Crippen LogP contribution in [0.3, 0.4) is 0 Å². The lowest BCUT2D eigenvalue weighted by Gasteiger charge is -2.22. The lowest BCUT2D eigenvalue weighted by molar-refractivity contribution is -0.204. The fourth-order valence-corrected chi connectivity index (χ4v) is 1.21. The maximum atomic E-state index is 10.9. The third kappa shape index (κ3) is 2.66. The summed E-state index contributed by atoms with van der Waals surface area (Å²) in [5, 5.41) is 0. The molecule has 1 heterocycles. The number of esters is 2. The summed E-state index contributed by atoms with van der Waals surface area (Å²) in [5.74, 6) is -1.09. The van der Waals surface area contributed by atoms with Gasteiger partial charge in [-0.05, 0) is 0 Å². The fourth-order valence-electron chi connectivity index (χ4n) is 1.21. The second-order valence-electron chi connectivity index (χ2n) is 2.90. The minimum absolute atomic E-state index is 0. The minimum Gasteiger partial charge on any atom is -0.420 e. The van der Waals surface area contributed by atoms with Gasteiger partial charge in [0.2, 0.25) is 0 Å². The molecule has 1 fully saturated rings. The molecule has 5 heteroatoms. The Kier molecular flexibility index (Phi) is 3.62. The molecule has 0 unspecified atom stereocenters. The van der Waals surface area contributed by atoms with Crippen molar-refractivity contribution in [2.45, 2.75) is 12.7 Å². The van der Waals surface area contributed by atoms with Gasteiger partial charge in [0.25, 0.3) is 6.29 Å². The van der Waals surface area contributed by atoms with Crippen LogP contribution in [-0.4, -0.2) is 22.9 Å². The third-order valence-corrected chi connectivity index (χ3v) is 1.84. The monoisotopic (exact) mass is 220 g/mol. The Morgan fingerprint density at radius 2 is 1.53 bits per heavy atom. The van der Waals surface area contributed by atoms with Crippen LogP contribution in [0.2, 0.25) is 0 Å². The van der Waals surface area contributed by atoms with Crippen LogP contribution < -0.4 is 0 Å². The maximum absolute atomic E-state index is 10.9. The SMILES string of the molecule is O=C1CC(=O)OC(c2ccccc2)O1.[Si]. The Hall–Kier alpha value is -1.62. The average molecular weight is 220 g/mol. The number of rotatable bonds is 1. The summed E-state index contributed by atoms with van der Waals surface area (Å²) in [6.07, 6.45) is -1.19. The highest BCUT2D eigenvalue weighted by Gasteiger charge is 2.28. The summed E-state index contributed by atoms with van der Waals surface area (Å²) in [6, 6.07) is 8.86. The largest absolute Gasteiger partial charge is 0.420 e. The summed E-state index contributed by atoms with van der Waals surface area (Å²) in [4.78, 5) is 21.9. The first-order valence-corrected chi connectivity index (χ1v) is 4.19. The van der Waals surface area contributed by atoms with Gasteiger partial charge in [-0.15, -0.1) is 0 Å². The highest BCUT2D eigenvalue weighted by atomic mass is 28.1. The lowest BCUT2D eigenvalue weighted by atomic mass is 10.2. The van der Waals surface area contributed by atoms with Crippen LogP contribution in [0.25, 0.3) is 0 Å².